The number of likely N-dealkylation sites (tertiary alicyclic amines) is 1. The van der Waals surface area contributed by atoms with Crippen molar-refractivity contribution in [1.82, 2.24) is 4.90 Å². The number of amides is 1. The number of methoxy groups -OCH3 is 1. The third kappa shape index (κ3) is 4.56. The van der Waals surface area contributed by atoms with Gasteiger partial charge in [-0.05, 0) is 35.9 Å². The number of rotatable bonds is 6. The number of hydrogen-bond donors (Lipinski definition) is 0. The van der Waals surface area contributed by atoms with E-state index in [0.29, 0.717) is 29.0 Å². The minimum absolute atomic E-state index is 0.0440. The molecule has 2 heterocycles. The molecule has 1 aliphatic carbocycles. The molecule has 3 aliphatic rings. The van der Waals surface area contributed by atoms with Crippen LogP contribution >= 0.6 is 0 Å². The smallest absolute Gasteiger partial charge is 0.254 e. The molecule has 3 fully saturated rings. The minimum Gasteiger partial charge on any atom is -0.493 e. The number of nitrogens with zero attached hydrogens (tertiary/aromatic N) is 1. The fourth-order valence-electron chi connectivity index (χ4n) is 5.08. The number of benzene rings is 2. The SMILES string of the molecule is COc1cc(C(=O)N2CC[C@]3(c4cc(F)cc(F)c4)OCO[C@@H]3C2)ccc1OCC1CC(F)(F)C1. The molecule has 6 nitrogen and oxygen atoms in total. The number of alkyl halides is 2. The van der Waals surface area contributed by atoms with Gasteiger partial charge in [0.15, 0.2) is 11.5 Å². The van der Waals surface area contributed by atoms with Gasteiger partial charge in [-0.1, -0.05) is 0 Å². The predicted octanol–water partition coefficient (Wildman–Crippen LogP) is 4.51. The van der Waals surface area contributed by atoms with Crippen LogP contribution in [0.2, 0.25) is 0 Å². The maximum atomic E-state index is 13.9. The molecule has 1 amide bonds. The van der Waals surface area contributed by atoms with Crippen molar-refractivity contribution in [3.63, 3.8) is 0 Å². The first kappa shape index (κ1) is 23.9. The third-order valence-electron chi connectivity index (χ3n) is 6.94. The number of fused-ring (bicyclic) bond motifs is 1. The maximum Gasteiger partial charge on any atom is 0.254 e. The van der Waals surface area contributed by atoms with Crippen molar-refractivity contribution in [3.8, 4) is 11.5 Å². The summed E-state index contributed by atoms with van der Waals surface area (Å²) in [6.45, 7) is 0.561. The highest BCUT2D eigenvalue weighted by molar-refractivity contribution is 5.95. The Kier molecular flexibility index (Phi) is 6.13. The Hall–Kier alpha value is -2.85. The molecule has 0 radical (unpaired) electrons. The molecule has 2 aliphatic heterocycles. The third-order valence-corrected chi connectivity index (χ3v) is 6.94. The first-order valence-corrected chi connectivity index (χ1v) is 11.4. The lowest BCUT2D eigenvalue weighted by Gasteiger charge is -2.42. The van der Waals surface area contributed by atoms with E-state index < -0.39 is 29.3 Å². The van der Waals surface area contributed by atoms with Gasteiger partial charge in [0, 0.05) is 43.4 Å². The Morgan fingerprint density at radius 2 is 1.86 bits per heavy atom. The van der Waals surface area contributed by atoms with Crippen LogP contribution in [-0.4, -0.2) is 56.4 Å². The number of carbonyl (C=O) groups is 1. The summed E-state index contributed by atoms with van der Waals surface area (Å²) in [6.07, 6.45) is -0.683. The summed E-state index contributed by atoms with van der Waals surface area (Å²) in [5, 5.41) is 0. The molecule has 2 saturated heterocycles. The second-order valence-corrected chi connectivity index (χ2v) is 9.27. The Morgan fingerprint density at radius 1 is 1.11 bits per heavy atom. The van der Waals surface area contributed by atoms with Gasteiger partial charge in [-0.2, -0.15) is 0 Å². The van der Waals surface area contributed by atoms with E-state index in [4.69, 9.17) is 18.9 Å². The van der Waals surface area contributed by atoms with Crippen molar-refractivity contribution < 1.29 is 41.3 Å². The quantitative estimate of drug-likeness (QED) is 0.552. The maximum absolute atomic E-state index is 13.9. The summed E-state index contributed by atoms with van der Waals surface area (Å²) in [5.74, 6) is -3.82. The summed E-state index contributed by atoms with van der Waals surface area (Å²) in [4.78, 5) is 14.8. The van der Waals surface area contributed by atoms with E-state index in [9.17, 15) is 22.4 Å². The van der Waals surface area contributed by atoms with Gasteiger partial charge >= 0.3 is 0 Å². The molecule has 188 valence electrons. The van der Waals surface area contributed by atoms with E-state index in [1.807, 2.05) is 0 Å². The lowest BCUT2D eigenvalue weighted by atomic mass is 9.82. The van der Waals surface area contributed by atoms with Gasteiger partial charge in [-0.15, -0.1) is 0 Å². The summed E-state index contributed by atoms with van der Waals surface area (Å²) in [6, 6.07) is 7.98. The van der Waals surface area contributed by atoms with Gasteiger partial charge in [0.1, 0.15) is 30.1 Å². The molecule has 2 aromatic rings. The summed E-state index contributed by atoms with van der Waals surface area (Å²) in [7, 11) is 1.44. The highest BCUT2D eigenvalue weighted by atomic mass is 19.3. The van der Waals surface area contributed by atoms with E-state index >= 15 is 0 Å². The number of halogens is 4. The summed E-state index contributed by atoms with van der Waals surface area (Å²) < 4.78 is 76.4. The van der Waals surface area contributed by atoms with Crippen LogP contribution in [0.1, 0.15) is 35.2 Å². The van der Waals surface area contributed by atoms with Gasteiger partial charge in [-0.3, -0.25) is 4.79 Å². The second kappa shape index (κ2) is 8.98. The van der Waals surface area contributed by atoms with Crippen LogP contribution in [0.25, 0.3) is 0 Å². The molecule has 35 heavy (non-hydrogen) atoms. The van der Waals surface area contributed by atoms with Crippen molar-refractivity contribution in [3.05, 3.63) is 59.2 Å². The number of hydrogen-bond acceptors (Lipinski definition) is 5. The summed E-state index contributed by atoms with van der Waals surface area (Å²) in [5.41, 5.74) is -0.336. The van der Waals surface area contributed by atoms with Crippen LogP contribution in [0.3, 0.4) is 0 Å². The normalized spacial score (nSPS) is 25.6. The van der Waals surface area contributed by atoms with Crippen molar-refractivity contribution in [2.75, 3.05) is 33.6 Å². The largest absolute Gasteiger partial charge is 0.493 e. The van der Waals surface area contributed by atoms with Crippen LogP contribution in [0.15, 0.2) is 36.4 Å². The molecular weight excluding hydrogens is 470 g/mol. The Bertz CT molecular complexity index is 1100. The van der Waals surface area contributed by atoms with Gasteiger partial charge in [0.2, 0.25) is 5.92 Å². The lowest BCUT2D eigenvalue weighted by molar-refractivity contribution is -0.119. The Labute approximate surface area is 199 Å². The van der Waals surface area contributed by atoms with Crippen LogP contribution in [-0.2, 0) is 15.1 Å². The van der Waals surface area contributed by atoms with Gasteiger partial charge < -0.3 is 23.8 Å². The van der Waals surface area contributed by atoms with E-state index in [2.05, 4.69) is 0 Å². The van der Waals surface area contributed by atoms with Gasteiger partial charge in [0.05, 0.1) is 20.3 Å². The molecule has 0 unspecified atom stereocenters. The minimum atomic E-state index is -2.61. The Balaban J connectivity index is 1.28. The number of ether oxygens (including phenoxy) is 4. The standard InChI is InChI=1S/C25H25F4NO5/c1-32-21-6-16(2-3-20(21)33-13-15-10-24(28,29)11-15)23(31)30-5-4-25(22(12-30)34-14-35-25)17-7-18(26)9-19(27)8-17/h2-3,6-9,15,22H,4-5,10-14H2,1H3/t22-,25-/m1/s1. The fourth-order valence-corrected chi connectivity index (χ4v) is 5.08. The molecule has 0 bridgehead atoms. The molecule has 2 atom stereocenters. The van der Waals surface area contributed by atoms with Crippen LogP contribution < -0.4 is 9.47 Å². The zero-order chi connectivity index (χ0) is 24.8. The van der Waals surface area contributed by atoms with Crippen molar-refractivity contribution in [1.29, 1.82) is 0 Å². The lowest BCUT2D eigenvalue weighted by Crippen LogP contribution is -2.53. The molecule has 10 heteroatoms. The van der Waals surface area contributed by atoms with Crippen molar-refractivity contribution >= 4 is 5.91 Å². The monoisotopic (exact) mass is 495 g/mol. The topological polar surface area (TPSA) is 57.2 Å². The van der Waals surface area contributed by atoms with E-state index in [-0.39, 0.29) is 51.2 Å². The first-order valence-electron chi connectivity index (χ1n) is 11.4. The highest BCUT2D eigenvalue weighted by Gasteiger charge is 2.51. The van der Waals surface area contributed by atoms with Gasteiger partial charge in [-0.25, -0.2) is 17.6 Å². The van der Waals surface area contributed by atoms with Crippen LogP contribution in [0.4, 0.5) is 17.6 Å². The molecule has 2 aromatic carbocycles. The molecule has 5 rings (SSSR count). The van der Waals surface area contributed by atoms with Crippen LogP contribution in [0, 0.1) is 17.6 Å². The predicted molar refractivity (Wildman–Crippen MR) is 116 cm³/mol. The molecular formula is C25H25F4NO5. The highest BCUT2D eigenvalue weighted by Crippen LogP contribution is 2.44. The number of piperidine rings is 1. The average Bonchev–Trinajstić information content (AvgIpc) is 3.24. The van der Waals surface area contributed by atoms with E-state index in [0.717, 1.165) is 6.07 Å². The van der Waals surface area contributed by atoms with Crippen molar-refractivity contribution in [2.45, 2.75) is 36.9 Å². The fraction of sp³-hybridized carbons (Fsp3) is 0.480. The molecule has 0 aromatic heterocycles. The molecule has 0 spiro atoms. The van der Waals surface area contributed by atoms with Gasteiger partial charge in [0.25, 0.3) is 5.91 Å². The summed E-state index contributed by atoms with van der Waals surface area (Å²) >= 11 is 0. The molecule has 1 saturated carbocycles. The zero-order valence-electron chi connectivity index (χ0n) is 19.1. The second-order valence-electron chi connectivity index (χ2n) is 9.27. The average molecular weight is 495 g/mol. The Morgan fingerprint density at radius 3 is 2.54 bits per heavy atom. The zero-order valence-corrected chi connectivity index (χ0v) is 19.1. The molecule has 0 N–H and O–H groups in total. The number of carbonyl (C=O) groups excluding carboxylic acids is 1. The van der Waals surface area contributed by atoms with E-state index in [1.165, 1.54) is 19.2 Å². The van der Waals surface area contributed by atoms with E-state index in [1.54, 1.807) is 23.1 Å². The van der Waals surface area contributed by atoms with Crippen molar-refractivity contribution in [2.24, 2.45) is 5.92 Å². The first-order chi connectivity index (χ1) is 16.7. The van der Waals surface area contributed by atoms with Crippen LogP contribution in [0.5, 0.6) is 11.5 Å².